The molecule has 0 bridgehead atoms. The van der Waals surface area contributed by atoms with Crippen molar-refractivity contribution < 1.29 is 9.59 Å². The zero-order chi connectivity index (χ0) is 15.4. The SMILES string of the molecule is C[C@@H](NC(=O)c1cnn(Cc2ccccc2Cl)c1)C(N)=O. The first kappa shape index (κ1) is 15.1. The lowest BCUT2D eigenvalue weighted by molar-refractivity contribution is -0.119. The third-order valence-electron chi connectivity index (χ3n) is 2.96. The fourth-order valence-corrected chi connectivity index (χ4v) is 1.92. The Morgan fingerprint density at radius 1 is 1.43 bits per heavy atom. The third-order valence-corrected chi connectivity index (χ3v) is 3.33. The Morgan fingerprint density at radius 3 is 2.81 bits per heavy atom. The number of nitrogens with one attached hydrogen (secondary N) is 1. The molecule has 0 saturated heterocycles. The van der Waals surface area contributed by atoms with Crippen molar-refractivity contribution in [1.82, 2.24) is 15.1 Å². The highest BCUT2D eigenvalue weighted by atomic mass is 35.5. The molecular weight excluding hydrogens is 292 g/mol. The maximum atomic E-state index is 11.9. The second-order valence-electron chi connectivity index (χ2n) is 4.62. The summed E-state index contributed by atoms with van der Waals surface area (Å²) >= 11 is 6.08. The molecule has 0 aliphatic carbocycles. The van der Waals surface area contributed by atoms with Gasteiger partial charge in [0, 0.05) is 11.2 Å². The first-order valence-corrected chi connectivity index (χ1v) is 6.71. The van der Waals surface area contributed by atoms with E-state index in [1.807, 2.05) is 18.2 Å². The van der Waals surface area contributed by atoms with Crippen molar-refractivity contribution in [2.24, 2.45) is 5.73 Å². The summed E-state index contributed by atoms with van der Waals surface area (Å²) in [6, 6.07) is 6.68. The molecule has 0 radical (unpaired) electrons. The number of amides is 2. The summed E-state index contributed by atoms with van der Waals surface area (Å²) in [6.45, 7) is 1.98. The minimum absolute atomic E-state index is 0.357. The summed E-state index contributed by atoms with van der Waals surface area (Å²) in [5.41, 5.74) is 6.36. The van der Waals surface area contributed by atoms with Crippen LogP contribution in [0.25, 0.3) is 0 Å². The van der Waals surface area contributed by atoms with E-state index in [2.05, 4.69) is 10.4 Å². The van der Waals surface area contributed by atoms with Crippen LogP contribution < -0.4 is 11.1 Å². The van der Waals surface area contributed by atoms with Crippen LogP contribution in [0.1, 0.15) is 22.8 Å². The van der Waals surface area contributed by atoms with Gasteiger partial charge in [-0.05, 0) is 18.6 Å². The van der Waals surface area contributed by atoms with Crippen LogP contribution in [0.2, 0.25) is 5.02 Å². The summed E-state index contributed by atoms with van der Waals surface area (Å²) < 4.78 is 1.60. The minimum atomic E-state index is -0.732. The lowest BCUT2D eigenvalue weighted by atomic mass is 10.2. The number of primary amides is 1. The topological polar surface area (TPSA) is 90.0 Å². The number of hydrogen-bond donors (Lipinski definition) is 2. The molecular formula is C14H15ClN4O2. The van der Waals surface area contributed by atoms with Gasteiger partial charge in [0.2, 0.25) is 5.91 Å². The van der Waals surface area contributed by atoms with Crippen LogP contribution >= 0.6 is 11.6 Å². The number of carbonyl (C=O) groups is 2. The molecule has 1 atom stereocenters. The lowest BCUT2D eigenvalue weighted by Gasteiger charge is -2.08. The second-order valence-corrected chi connectivity index (χ2v) is 5.02. The molecule has 1 aromatic heterocycles. The van der Waals surface area contributed by atoms with Gasteiger partial charge in [-0.15, -0.1) is 0 Å². The van der Waals surface area contributed by atoms with Gasteiger partial charge in [-0.25, -0.2) is 0 Å². The number of carbonyl (C=O) groups excluding carboxylic acids is 2. The first-order valence-electron chi connectivity index (χ1n) is 6.33. The number of nitrogens with two attached hydrogens (primary N) is 1. The van der Waals surface area contributed by atoms with E-state index in [-0.39, 0.29) is 0 Å². The Morgan fingerprint density at radius 2 is 2.14 bits per heavy atom. The molecule has 0 spiro atoms. The monoisotopic (exact) mass is 306 g/mol. The molecule has 1 aromatic carbocycles. The maximum Gasteiger partial charge on any atom is 0.255 e. The standard InChI is InChI=1S/C14H15ClN4O2/c1-9(13(16)20)18-14(21)11-6-17-19(8-11)7-10-4-2-3-5-12(10)15/h2-6,8-9H,7H2,1H3,(H2,16,20)(H,18,21)/t9-/m1/s1. The van der Waals surface area contributed by atoms with E-state index < -0.39 is 17.9 Å². The second kappa shape index (κ2) is 6.41. The molecule has 0 aliphatic heterocycles. The van der Waals surface area contributed by atoms with Gasteiger partial charge in [0.25, 0.3) is 5.91 Å². The van der Waals surface area contributed by atoms with Crippen LogP contribution in [0.15, 0.2) is 36.7 Å². The van der Waals surface area contributed by atoms with Crippen LogP contribution in [0.3, 0.4) is 0 Å². The first-order chi connectivity index (χ1) is 9.97. The number of halogens is 1. The van der Waals surface area contributed by atoms with Crippen LogP contribution in [-0.2, 0) is 11.3 Å². The molecule has 0 aliphatic rings. The Hall–Kier alpha value is -2.34. The molecule has 21 heavy (non-hydrogen) atoms. The predicted molar refractivity (Wildman–Crippen MR) is 78.9 cm³/mol. The highest BCUT2D eigenvalue weighted by Gasteiger charge is 2.15. The van der Waals surface area contributed by atoms with Gasteiger partial charge in [-0.3, -0.25) is 14.3 Å². The van der Waals surface area contributed by atoms with E-state index in [0.717, 1.165) is 5.56 Å². The molecule has 110 valence electrons. The average Bonchev–Trinajstić information content (AvgIpc) is 2.90. The molecule has 2 amide bonds. The zero-order valence-electron chi connectivity index (χ0n) is 11.4. The van der Waals surface area contributed by atoms with E-state index >= 15 is 0 Å². The zero-order valence-corrected chi connectivity index (χ0v) is 12.2. The molecule has 0 fully saturated rings. The van der Waals surface area contributed by atoms with Crippen molar-refractivity contribution >= 4 is 23.4 Å². The van der Waals surface area contributed by atoms with E-state index in [0.29, 0.717) is 17.1 Å². The van der Waals surface area contributed by atoms with Gasteiger partial charge >= 0.3 is 0 Å². The van der Waals surface area contributed by atoms with Gasteiger partial charge in [0.1, 0.15) is 6.04 Å². The molecule has 2 rings (SSSR count). The van der Waals surface area contributed by atoms with Gasteiger partial charge in [-0.2, -0.15) is 5.10 Å². The minimum Gasteiger partial charge on any atom is -0.368 e. The van der Waals surface area contributed by atoms with Gasteiger partial charge in [0.05, 0.1) is 18.3 Å². The molecule has 3 N–H and O–H groups in total. The number of nitrogens with zero attached hydrogens (tertiary/aromatic N) is 2. The maximum absolute atomic E-state index is 11.9. The Bertz CT molecular complexity index is 668. The Labute approximate surface area is 126 Å². The highest BCUT2D eigenvalue weighted by molar-refractivity contribution is 6.31. The van der Waals surface area contributed by atoms with E-state index in [9.17, 15) is 9.59 Å². The van der Waals surface area contributed by atoms with Gasteiger partial charge < -0.3 is 11.1 Å². The molecule has 0 unspecified atom stereocenters. The number of aromatic nitrogens is 2. The van der Waals surface area contributed by atoms with Crippen LogP contribution in [0, 0.1) is 0 Å². The number of hydrogen-bond acceptors (Lipinski definition) is 3. The van der Waals surface area contributed by atoms with Crippen LogP contribution in [0.5, 0.6) is 0 Å². The van der Waals surface area contributed by atoms with Crippen molar-refractivity contribution in [3.05, 3.63) is 52.8 Å². The summed E-state index contributed by atoms with van der Waals surface area (Å²) in [5, 5.41) is 7.24. The molecule has 6 nitrogen and oxygen atoms in total. The Kier molecular flexibility index (Phi) is 4.59. The quantitative estimate of drug-likeness (QED) is 0.869. The van der Waals surface area contributed by atoms with Crippen LogP contribution in [0.4, 0.5) is 0 Å². The largest absolute Gasteiger partial charge is 0.368 e. The van der Waals surface area contributed by atoms with E-state index in [1.54, 1.807) is 16.9 Å². The fourth-order valence-electron chi connectivity index (χ4n) is 1.72. The van der Waals surface area contributed by atoms with Crippen LogP contribution in [-0.4, -0.2) is 27.6 Å². The highest BCUT2D eigenvalue weighted by Crippen LogP contribution is 2.16. The smallest absolute Gasteiger partial charge is 0.255 e. The summed E-state index contributed by atoms with van der Waals surface area (Å²) in [7, 11) is 0. The molecule has 7 heteroatoms. The van der Waals surface area contributed by atoms with Crippen molar-refractivity contribution in [1.29, 1.82) is 0 Å². The van der Waals surface area contributed by atoms with Gasteiger partial charge in [-0.1, -0.05) is 29.8 Å². The normalized spacial score (nSPS) is 11.9. The summed E-state index contributed by atoms with van der Waals surface area (Å²) in [5.74, 6) is -0.987. The predicted octanol–water partition coefficient (Wildman–Crippen LogP) is 1.19. The summed E-state index contributed by atoms with van der Waals surface area (Å²) in [4.78, 5) is 22.8. The Balaban J connectivity index is 2.06. The molecule has 0 saturated carbocycles. The molecule has 2 aromatic rings. The van der Waals surface area contributed by atoms with Crippen molar-refractivity contribution in [2.75, 3.05) is 0 Å². The number of benzene rings is 1. The van der Waals surface area contributed by atoms with Gasteiger partial charge in [0.15, 0.2) is 0 Å². The van der Waals surface area contributed by atoms with Crippen molar-refractivity contribution in [3.8, 4) is 0 Å². The summed E-state index contributed by atoms with van der Waals surface area (Å²) in [6.07, 6.45) is 3.02. The van der Waals surface area contributed by atoms with Crippen molar-refractivity contribution in [3.63, 3.8) is 0 Å². The third kappa shape index (κ3) is 3.82. The van der Waals surface area contributed by atoms with Crippen molar-refractivity contribution in [2.45, 2.75) is 19.5 Å². The van der Waals surface area contributed by atoms with E-state index in [4.69, 9.17) is 17.3 Å². The molecule has 1 heterocycles. The number of rotatable bonds is 5. The average molecular weight is 307 g/mol. The van der Waals surface area contributed by atoms with E-state index in [1.165, 1.54) is 13.1 Å². The fraction of sp³-hybridized carbons (Fsp3) is 0.214. The lowest BCUT2D eigenvalue weighted by Crippen LogP contribution is -2.42.